The molecule has 0 aliphatic carbocycles. The first-order chi connectivity index (χ1) is 7.56. The smallest absolute Gasteiger partial charge is 0.309 e. The second-order valence-corrected chi connectivity index (χ2v) is 3.70. The second-order valence-electron chi connectivity index (χ2n) is 3.26. The van der Waals surface area contributed by atoms with Gasteiger partial charge in [0.2, 0.25) is 5.95 Å². The van der Waals surface area contributed by atoms with Gasteiger partial charge in [0.15, 0.2) is 0 Å². The zero-order chi connectivity index (χ0) is 11.7. The van der Waals surface area contributed by atoms with Crippen molar-refractivity contribution >= 4 is 34.4 Å². The maximum atomic E-state index is 10.7. The summed E-state index contributed by atoms with van der Waals surface area (Å²) in [6, 6.07) is 4.98. The Hall–Kier alpha value is -1.88. The standard InChI is InChI=1S/C10H8ClN3O2/c11-5-1-2-7-6(3-5)8(4-9(15)16)14-10(12)13-7/h1-3H,4H2,(H,15,16)(H2,12,13,14). The van der Waals surface area contributed by atoms with E-state index in [1.165, 1.54) is 0 Å². The summed E-state index contributed by atoms with van der Waals surface area (Å²) in [5.74, 6) is -0.912. The molecule has 2 rings (SSSR count). The molecule has 0 bridgehead atoms. The van der Waals surface area contributed by atoms with Crippen molar-refractivity contribution in [3.05, 3.63) is 28.9 Å². The number of benzene rings is 1. The Morgan fingerprint density at radius 3 is 2.88 bits per heavy atom. The molecule has 0 aliphatic heterocycles. The molecule has 5 nitrogen and oxygen atoms in total. The van der Waals surface area contributed by atoms with Crippen LogP contribution < -0.4 is 5.73 Å². The largest absolute Gasteiger partial charge is 0.481 e. The lowest BCUT2D eigenvalue weighted by Gasteiger charge is -2.04. The normalized spacial score (nSPS) is 10.6. The van der Waals surface area contributed by atoms with Crippen LogP contribution in [0.3, 0.4) is 0 Å². The summed E-state index contributed by atoms with van der Waals surface area (Å²) >= 11 is 5.83. The zero-order valence-corrected chi connectivity index (χ0v) is 8.90. The number of carboxylic acids is 1. The number of aliphatic carboxylic acids is 1. The van der Waals surface area contributed by atoms with Crippen molar-refractivity contribution in [2.45, 2.75) is 6.42 Å². The van der Waals surface area contributed by atoms with E-state index in [-0.39, 0.29) is 12.4 Å². The molecule has 1 heterocycles. The fourth-order valence-electron chi connectivity index (χ4n) is 1.46. The van der Waals surface area contributed by atoms with E-state index in [1.807, 2.05) is 0 Å². The van der Waals surface area contributed by atoms with Gasteiger partial charge in [-0.2, -0.15) is 0 Å². The van der Waals surface area contributed by atoms with Crippen LogP contribution in [-0.4, -0.2) is 21.0 Å². The average molecular weight is 238 g/mol. The monoisotopic (exact) mass is 237 g/mol. The summed E-state index contributed by atoms with van der Waals surface area (Å²) in [6.07, 6.45) is -0.205. The third-order valence-electron chi connectivity index (χ3n) is 2.07. The van der Waals surface area contributed by atoms with Crippen LogP contribution in [0.15, 0.2) is 18.2 Å². The molecule has 2 aromatic rings. The number of hydrogen-bond acceptors (Lipinski definition) is 4. The van der Waals surface area contributed by atoms with Crippen molar-refractivity contribution in [3.8, 4) is 0 Å². The molecular weight excluding hydrogens is 230 g/mol. The van der Waals surface area contributed by atoms with Crippen molar-refractivity contribution in [2.24, 2.45) is 0 Å². The van der Waals surface area contributed by atoms with Gasteiger partial charge in [0, 0.05) is 10.4 Å². The van der Waals surface area contributed by atoms with Crippen molar-refractivity contribution in [3.63, 3.8) is 0 Å². The number of aromatic nitrogens is 2. The Bertz CT molecular complexity index is 571. The first kappa shape index (κ1) is 10.6. The van der Waals surface area contributed by atoms with Crippen LogP contribution in [0.2, 0.25) is 5.02 Å². The fourth-order valence-corrected chi connectivity index (χ4v) is 1.63. The van der Waals surface area contributed by atoms with E-state index in [2.05, 4.69) is 9.97 Å². The van der Waals surface area contributed by atoms with Gasteiger partial charge < -0.3 is 10.8 Å². The van der Waals surface area contributed by atoms with Crippen molar-refractivity contribution < 1.29 is 9.90 Å². The second kappa shape index (κ2) is 3.94. The molecule has 0 amide bonds. The highest BCUT2D eigenvalue weighted by Gasteiger charge is 2.10. The SMILES string of the molecule is Nc1nc(CC(=O)O)c2cc(Cl)ccc2n1. The molecule has 0 radical (unpaired) electrons. The lowest BCUT2D eigenvalue weighted by atomic mass is 10.1. The lowest BCUT2D eigenvalue weighted by Crippen LogP contribution is -2.06. The Balaban J connectivity index is 2.69. The van der Waals surface area contributed by atoms with Crippen molar-refractivity contribution in [1.29, 1.82) is 0 Å². The van der Waals surface area contributed by atoms with E-state index in [4.69, 9.17) is 22.4 Å². The Morgan fingerprint density at radius 1 is 1.44 bits per heavy atom. The van der Waals surface area contributed by atoms with Crippen LogP contribution in [0, 0.1) is 0 Å². The molecule has 16 heavy (non-hydrogen) atoms. The molecule has 3 N–H and O–H groups in total. The molecule has 0 fully saturated rings. The van der Waals surface area contributed by atoms with E-state index in [0.717, 1.165) is 0 Å². The molecule has 1 aromatic heterocycles. The summed E-state index contributed by atoms with van der Waals surface area (Å²) < 4.78 is 0. The minimum absolute atomic E-state index is 0.0612. The molecule has 0 aliphatic rings. The maximum Gasteiger partial charge on any atom is 0.309 e. The van der Waals surface area contributed by atoms with Crippen LogP contribution in [0.5, 0.6) is 0 Å². The van der Waals surface area contributed by atoms with Gasteiger partial charge in [-0.1, -0.05) is 11.6 Å². The number of carboxylic acid groups (broad SMARTS) is 1. The van der Waals surface area contributed by atoms with Gasteiger partial charge in [0.25, 0.3) is 0 Å². The highest BCUT2D eigenvalue weighted by Crippen LogP contribution is 2.21. The third-order valence-corrected chi connectivity index (χ3v) is 2.31. The van der Waals surface area contributed by atoms with E-state index in [9.17, 15) is 4.79 Å². The molecule has 0 atom stereocenters. The van der Waals surface area contributed by atoms with Gasteiger partial charge in [-0.15, -0.1) is 0 Å². The number of anilines is 1. The summed E-state index contributed by atoms with van der Waals surface area (Å²) in [5, 5.41) is 9.87. The van der Waals surface area contributed by atoms with Gasteiger partial charge in [0.05, 0.1) is 17.6 Å². The van der Waals surface area contributed by atoms with E-state index < -0.39 is 5.97 Å². The Morgan fingerprint density at radius 2 is 2.19 bits per heavy atom. The molecule has 82 valence electrons. The quantitative estimate of drug-likeness (QED) is 0.826. The van der Waals surface area contributed by atoms with Crippen LogP contribution in [0.4, 0.5) is 5.95 Å². The van der Waals surface area contributed by atoms with Gasteiger partial charge >= 0.3 is 5.97 Å². The number of nitrogen functional groups attached to an aromatic ring is 1. The van der Waals surface area contributed by atoms with Gasteiger partial charge in [-0.25, -0.2) is 9.97 Å². The van der Waals surface area contributed by atoms with Gasteiger partial charge in [0.1, 0.15) is 0 Å². The summed E-state index contributed by atoms with van der Waals surface area (Å²) in [6.45, 7) is 0. The first-order valence-electron chi connectivity index (χ1n) is 4.49. The predicted molar refractivity (Wildman–Crippen MR) is 60.3 cm³/mol. The fraction of sp³-hybridized carbons (Fsp3) is 0.100. The molecular formula is C10H8ClN3O2. The van der Waals surface area contributed by atoms with Crippen LogP contribution in [0.1, 0.15) is 5.69 Å². The van der Waals surface area contributed by atoms with E-state index >= 15 is 0 Å². The number of halogens is 1. The lowest BCUT2D eigenvalue weighted by molar-refractivity contribution is -0.136. The van der Waals surface area contributed by atoms with E-state index in [0.29, 0.717) is 21.6 Å². The molecule has 0 spiro atoms. The van der Waals surface area contributed by atoms with Crippen molar-refractivity contribution in [2.75, 3.05) is 5.73 Å². The predicted octanol–water partition coefficient (Wildman–Crippen LogP) is 1.49. The topological polar surface area (TPSA) is 89.1 Å². The molecule has 0 saturated heterocycles. The van der Waals surface area contributed by atoms with Crippen LogP contribution in [-0.2, 0) is 11.2 Å². The van der Waals surface area contributed by atoms with E-state index in [1.54, 1.807) is 18.2 Å². The minimum Gasteiger partial charge on any atom is -0.481 e. The number of hydrogen-bond donors (Lipinski definition) is 2. The number of rotatable bonds is 2. The first-order valence-corrected chi connectivity index (χ1v) is 4.87. The number of fused-ring (bicyclic) bond motifs is 1. The Kier molecular flexibility index (Phi) is 2.62. The zero-order valence-electron chi connectivity index (χ0n) is 8.14. The number of nitrogens with two attached hydrogens (primary N) is 1. The molecule has 0 unspecified atom stereocenters. The summed E-state index contributed by atoms with van der Waals surface area (Å²) in [4.78, 5) is 18.6. The third kappa shape index (κ3) is 2.04. The minimum atomic E-state index is -0.973. The summed E-state index contributed by atoms with van der Waals surface area (Å²) in [7, 11) is 0. The van der Waals surface area contributed by atoms with Crippen LogP contribution in [0.25, 0.3) is 10.9 Å². The Labute approximate surface area is 95.9 Å². The van der Waals surface area contributed by atoms with Gasteiger partial charge in [-0.3, -0.25) is 4.79 Å². The number of nitrogens with zero attached hydrogens (tertiary/aromatic N) is 2. The number of carbonyl (C=O) groups is 1. The molecule has 1 aromatic carbocycles. The molecule has 0 saturated carbocycles. The van der Waals surface area contributed by atoms with Crippen LogP contribution >= 0.6 is 11.6 Å². The highest BCUT2D eigenvalue weighted by atomic mass is 35.5. The maximum absolute atomic E-state index is 10.7. The summed E-state index contributed by atoms with van der Waals surface area (Å²) in [5.41, 5.74) is 6.45. The van der Waals surface area contributed by atoms with Crippen molar-refractivity contribution in [1.82, 2.24) is 9.97 Å². The van der Waals surface area contributed by atoms with Gasteiger partial charge in [-0.05, 0) is 18.2 Å². The highest BCUT2D eigenvalue weighted by molar-refractivity contribution is 6.31. The average Bonchev–Trinajstić information content (AvgIpc) is 2.18. The molecule has 6 heteroatoms.